The maximum atomic E-state index is 14.7. The average Bonchev–Trinajstić information content (AvgIpc) is 3.11. The van der Waals surface area contributed by atoms with Crippen LogP contribution < -0.4 is 16.2 Å². The van der Waals surface area contributed by atoms with Crippen LogP contribution in [0.15, 0.2) is 60.9 Å². The van der Waals surface area contributed by atoms with Crippen LogP contribution in [-0.4, -0.2) is 62.4 Å². The first-order chi connectivity index (χ1) is 23.0. The lowest BCUT2D eigenvalue weighted by atomic mass is 9.81. The van der Waals surface area contributed by atoms with E-state index in [-0.39, 0.29) is 24.0 Å². The number of aromatic nitrogens is 2. The Hall–Kier alpha value is -3.73. The van der Waals surface area contributed by atoms with Crippen molar-refractivity contribution < 1.29 is 24.2 Å². The van der Waals surface area contributed by atoms with E-state index in [1.807, 2.05) is 39.8 Å². The van der Waals surface area contributed by atoms with Crippen molar-refractivity contribution in [2.24, 2.45) is 35.1 Å². The standard InChI is InChI=1S/C38H53N5O5/c1-5-25(4)35(40)37(46)36(31-16-9-10-19-42-31)43(34(45)23-48-33-18-11-17-30-27(33)15-12-20-41-30)38(47)28(24(2)3)22-32(44)29(39)21-26-13-7-6-8-14-26/h9-12,15-20,24-26,28-29,32,35-36,44H,5-8,13-14,21-23,39-40H2,1-4H3/t25-,28-,29-,32-,35-,36?/m0/s1. The Kier molecular flexibility index (Phi) is 13.6. The first-order valence-corrected chi connectivity index (χ1v) is 17.5. The molecule has 2 amide bonds. The molecule has 10 heteroatoms. The van der Waals surface area contributed by atoms with E-state index >= 15 is 0 Å². The summed E-state index contributed by atoms with van der Waals surface area (Å²) in [7, 11) is 0. The van der Waals surface area contributed by atoms with Gasteiger partial charge in [-0.3, -0.25) is 29.3 Å². The summed E-state index contributed by atoms with van der Waals surface area (Å²) in [4.78, 5) is 53.1. The molecule has 5 N–H and O–H groups in total. The molecule has 1 aliphatic carbocycles. The van der Waals surface area contributed by atoms with Crippen molar-refractivity contribution in [3.05, 3.63) is 66.6 Å². The van der Waals surface area contributed by atoms with Crippen LogP contribution in [0.3, 0.4) is 0 Å². The third-order valence-corrected chi connectivity index (χ3v) is 9.99. The first-order valence-electron chi connectivity index (χ1n) is 17.5. The summed E-state index contributed by atoms with van der Waals surface area (Å²) in [5, 5.41) is 12.0. The number of nitrogens with zero attached hydrogens (tertiary/aromatic N) is 3. The fourth-order valence-corrected chi connectivity index (χ4v) is 6.70. The highest BCUT2D eigenvalue weighted by Crippen LogP contribution is 2.32. The minimum Gasteiger partial charge on any atom is -0.483 e. The number of hydrogen-bond donors (Lipinski definition) is 3. The molecule has 6 atom stereocenters. The molecule has 1 aromatic carbocycles. The van der Waals surface area contributed by atoms with Crippen LogP contribution in [0.5, 0.6) is 5.75 Å². The van der Waals surface area contributed by atoms with E-state index in [9.17, 15) is 19.5 Å². The summed E-state index contributed by atoms with van der Waals surface area (Å²) in [5.41, 5.74) is 13.9. The Bertz CT molecular complexity index is 1490. The van der Waals surface area contributed by atoms with Crippen molar-refractivity contribution in [1.29, 1.82) is 0 Å². The van der Waals surface area contributed by atoms with Crippen molar-refractivity contribution in [3.63, 3.8) is 0 Å². The summed E-state index contributed by atoms with van der Waals surface area (Å²) in [6.07, 6.45) is 9.30. The summed E-state index contributed by atoms with van der Waals surface area (Å²) < 4.78 is 6.04. The van der Waals surface area contributed by atoms with Gasteiger partial charge < -0.3 is 21.3 Å². The molecule has 0 bridgehead atoms. The molecular weight excluding hydrogens is 606 g/mol. The number of Topliss-reactive ketones (excluding diaryl/α,β-unsaturated/α-hetero) is 1. The third kappa shape index (κ3) is 9.24. The predicted octanol–water partition coefficient (Wildman–Crippen LogP) is 5.37. The molecule has 0 spiro atoms. The van der Waals surface area contributed by atoms with E-state index in [0.717, 1.165) is 30.6 Å². The quantitative estimate of drug-likeness (QED) is 0.184. The Morgan fingerprint density at radius 2 is 1.69 bits per heavy atom. The fourth-order valence-electron chi connectivity index (χ4n) is 6.70. The van der Waals surface area contributed by atoms with Gasteiger partial charge in [0.25, 0.3) is 5.91 Å². The molecule has 0 radical (unpaired) electrons. The molecule has 1 aliphatic rings. The van der Waals surface area contributed by atoms with Crippen molar-refractivity contribution in [2.45, 2.75) is 103 Å². The van der Waals surface area contributed by atoms with E-state index in [0.29, 0.717) is 35.4 Å². The number of pyridine rings is 2. The van der Waals surface area contributed by atoms with Gasteiger partial charge in [-0.05, 0) is 67.0 Å². The van der Waals surface area contributed by atoms with Gasteiger partial charge in [-0.15, -0.1) is 0 Å². The minimum absolute atomic E-state index is 0.0462. The molecule has 2 aromatic heterocycles. The third-order valence-electron chi connectivity index (χ3n) is 9.99. The second-order valence-electron chi connectivity index (χ2n) is 13.7. The molecular formula is C38H53N5O5. The maximum absolute atomic E-state index is 14.7. The normalized spacial score (nSPS) is 17.7. The zero-order valence-corrected chi connectivity index (χ0v) is 28.8. The number of aliphatic hydroxyl groups excluding tert-OH is 1. The predicted molar refractivity (Wildman–Crippen MR) is 187 cm³/mol. The summed E-state index contributed by atoms with van der Waals surface area (Å²) in [6, 6.07) is 11.1. The van der Waals surface area contributed by atoms with E-state index in [2.05, 4.69) is 9.97 Å². The molecule has 2 heterocycles. The number of fused-ring (bicyclic) bond motifs is 1. The topological polar surface area (TPSA) is 162 Å². The second-order valence-corrected chi connectivity index (χ2v) is 13.7. The number of rotatable bonds is 16. The number of aliphatic hydroxyl groups is 1. The van der Waals surface area contributed by atoms with Crippen molar-refractivity contribution >= 4 is 28.5 Å². The van der Waals surface area contributed by atoms with Gasteiger partial charge in [-0.2, -0.15) is 0 Å². The molecule has 1 saturated carbocycles. The van der Waals surface area contributed by atoms with Crippen LogP contribution in [-0.2, 0) is 14.4 Å². The van der Waals surface area contributed by atoms with Crippen LogP contribution in [0.1, 0.15) is 90.8 Å². The lowest BCUT2D eigenvalue weighted by Gasteiger charge is -2.36. The van der Waals surface area contributed by atoms with Gasteiger partial charge in [0.05, 0.1) is 23.4 Å². The smallest absolute Gasteiger partial charge is 0.268 e. The van der Waals surface area contributed by atoms with Gasteiger partial charge in [0.15, 0.2) is 12.4 Å². The monoisotopic (exact) mass is 659 g/mol. The highest BCUT2D eigenvalue weighted by molar-refractivity contribution is 6.03. The number of ether oxygens (including phenoxy) is 1. The number of carbonyl (C=O) groups excluding carboxylic acids is 3. The fraction of sp³-hybridized carbons (Fsp3) is 0.553. The van der Waals surface area contributed by atoms with Crippen molar-refractivity contribution in [1.82, 2.24) is 14.9 Å². The number of carbonyl (C=O) groups is 3. The van der Waals surface area contributed by atoms with Crippen molar-refractivity contribution in [2.75, 3.05) is 6.61 Å². The number of nitrogens with two attached hydrogens (primary N) is 2. The Morgan fingerprint density at radius 1 is 0.958 bits per heavy atom. The summed E-state index contributed by atoms with van der Waals surface area (Å²) >= 11 is 0. The molecule has 1 unspecified atom stereocenters. The van der Waals surface area contributed by atoms with Crippen LogP contribution in [0, 0.1) is 23.7 Å². The maximum Gasteiger partial charge on any atom is 0.268 e. The number of ketones is 1. The van der Waals surface area contributed by atoms with Gasteiger partial charge in [-0.1, -0.05) is 78.4 Å². The Labute approximate surface area is 284 Å². The molecule has 4 rings (SSSR count). The zero-order valence-electron chi connectivity index (χ0n) is 28.8. The van der Waals surface area contributed by atoms with E-state index in [1.54, 1.807) is 42.6 Å². The highest BCUT2D eigenvalue weighted by atomic mass is 16.5. The van der Waals surface area contributed by atoms with Gasteiger partial charge in [0.1, 0.15) is 11.8 Å². The minimum atomic E-state index is -1.39. The molecule has 0 saturated heterocycles. The van der Waals surface area contributed by atoms with Crippen LogP contribution in [0.4, 0.5) is 0 Å². The van der Waals surface area contributed by atoms with Gasteiger partial charge in [0, 0.05) is 29.7 Å². The van der Waals surface area contributed by atoms with Crippen LogP contribution >= 0.6 is 0 Å². The first kappa shape index (κ1) is 37.1. The Balaban J connectivity index is 1.70. The largest absolute Gasteiger partial charge is 0.483 e. The molecule has 10 nitrogen and oxygen atoms in total. The summed E-state index contributed by atoms with van der Waals surface area (Å²) in [6.45, 7) is 7.01. The SMILES string of the molecule is CC[C@H](C)[C@H](N)C(=O)C(c1ccccn1)N(C(=O)COc1cccc2ncccc12)C(=O)[C@@H](C[C@H](O)[C@@H](N)CC1CCCCC1)C(C)C. The molecule has 0 aliphatic heterocycles. The number of imide groups is 1. The van der Waals surface area contributed by atoms with Crippen LogP contribution in [0.25, 0.3) is 10.9 Å². The number of hydrogen-bond acceptors (Lipinski definition) is 9. The van der Waals surface area contributed by atoms with Gasteiger partial charge in [0.2, 0.25) is 5.91 Å². The lowest BCUT2D eigenvalue weighted by molar-refractivity contribution is -0.157. The van der Waals surface area contributed by atoms with Crippen LogP contribution in [0.2, 0.25) is 0 Å². The molecule has 48 heavy (non-hydrogen) atoms. The zero-order chi connectivity index (χ0) is 34.8. The number of amides is 2. The van der Waals surface area contributed by atoms with Gasteiger partial charge in [-0.25, -0.2) is 0 Å². The van der Waals surface area contributed by atoms with E-state index in [4.69, 9.17) is 16.2 Å². The summed E-state index contributed by atoms with van der Waals surface area (Å²) in [5.74, 6) is -2.24. The average molecular weight is 660 g/mol. The van der Waals surface area contributed by atoms with Gasteiger partial charge >= 0.3 is 0 Å². The van der Waals surface area contributed by atoms with Crippen molar-refractivity contribution in [3.8, 4) is 5.75 Å². The highest BCUT2D eigenvalue weighted by Gasteiger charge is 2.43. The molecule has 260 valence electrons. The lowest BCUT2D eigenvalue weighted by Crippen LogP contribution is -2.53. The Morgan fingerprint density at radius 3 is 2.35 bits per heavy atom. The van der Waals surface area contributed by atoms with E-state index in [1.165, 1.54) is 12.6 Å². The van der Waals surface area contributed by atoms with E-state index < -0.39 is 54.4 Å². The molecule has 1 fully saturated rings. The molecule has 3 aromatic rings. The second kappa shape index (κ2) is 17.6. The number of benzene rings is 1.